The van der Waals surface area contributed by atoms with Gasteiger partial charge in [-0.3, -0.25) is 14.6 Å². The molecule has 1 aromatic carbocycles. The highest BCUT2D eigenvalue weighted by Crippen LogP contribution is 2.38. The molecule has 2 aliphatic rings. The Labute approximate surface area is 221 Å². The molecule has 1 aromatic rings. The summed E-state index contributed by atoms with van der Waals surface area (Å²) in [5.74, 6) is -0.435. The van der Waals surface area contributed by atoms with Crippen molar-refractivity contribution in [3.63, 3.8) is 0 Å². The fraction of sp³-hybridized carbons (Fsp3) is 0.625. The summed E-state index contributed by atoms with van der Waals surface area (Å²) in [5.41, 5.74) is -2.71. The summed E-state index contributed by atoms with van der Waals surface area (Å²) in [7, 11) is -3.26. The third-order valence-electron chi connectivity index (χ3n) is 7.07. The number of nitriles is 1. The molecule has 2 fully saturated rings. The maximum Gasteiger partial charge on any atom is 0.417 e. The summed E-state index contributed by atoms with van der Waals surface area (Å²) in [5, 5.41) is 9.19. The topological polar surface area (TPSA) is 88.0 Å². The molecule has 0 bridgehead atoms. The largest absolute Gasteiger partial charge is 0.417 e. The molecule has 0 saturated carbocycles. The van der Waals surface area contributed by atoms with E-state index in [4.69, 9.17) is 17.5 Å². The van der Waals surface area contributed by atoms with E-state index in [0.29, 0.717) is 26.1 Å². The summed E-state index contributed by atoms with van der Waals surface area (Å²) in [4.78, 5) is 18.3. The maximum absolute atomic E-state index is 13.5. The number of hydrogen-bond donors (Lipinski definition) is 0. The fourth-order valence-electron chi connectivity index (χ4n) is 4.97. The van der Waals surface area contributed by atoms with E-state index < -0.39 is 38.8 Å². The van der Waals surface area contributed by atoms with E-state index in [1.807, 2.05) is 13.8 Å². The lowest BCUT2D eigenvalue weighted by molar-refractivity contribution is -0.137. The van der Waals surface area contributed by atoms with Gasteiger partial charge in [-0.05, 0) is 77.5 Å². The first-order valence-electron chi connectivity index (χ1n) is 12.0. The van der Waals surface area contributed by atoms with E-state index in [-0.39, 0.29) is 22.9 Å². The van der Waals surface area contributed by atoms with Crippen LogP contribution in [0.3, 0.4) is 0 Å². The molecule has 2 atom stereocenters. The van der Waals surface area contributed by atoms with Crippen molar-refractivity contribution < 1.29 is 26.4 Å². The van der Waals surface area contributed by atoms with E-state index in [1.54, 1.807) is 24.8 Å². The van der Waals surface area contributed by atoms with Gasteiger partial charge in [-0.2, -0.15) is 22.7 Å². The van der Waals surface area contributed by atoms with Crippen molar-refractivity contribution >= 4 is 38.9 Å². The van der Waals surface area contributed by atoms with Crippen LogP contribution in [-0.2, 0) is 21.0 Å². The highest BCUT2D eigenvalue weighted by atomic mass is 32.2. The molecule has 8 nitrogen and oxygen atoms in total. The average molecular weight is 560 g/mol. The Balaban J connectivity index is 1.67. The molecule has 3 rings (SSSR count). The molecule has 0 spiro atoms. The first kappa shape index (κ1) is 29.3. The lowest BCUT2D eigenvalue weighted by Crippen LogP contribution is -2.57. The van der Waals surface area contributed by atoms with Crippen molar-refractivity contribution in [3.8, 4) is 6.07 Å². The first-order chi connectivity index (χ1) is 17.0. The monoisotopic (exact) mass is 559 g/mol. The molecule has 2 aliphatic heterocycles. The standard InChI is InChI=1S/C24H32F3N5O3S2/c1-16-15-31(37(5,34)35)17(2)14-29(16)10-6-7-11-30-22(36)32(21(33)23(30,3)4)19-9-8-18(13-28)20(12-19)24(25,26)27/h8-9,12,16-17H,6-7,10-11,14-15H2,1-5H3. The van der Waals surface area contributed by atoms with Crippen LogP contribution in [0.15, 0.2) is 18.2 Å². The predicted molar refractivity (Wildman–Crippen MR) is 138 cm³/mol. The van der Waals surface area contributed by atoms with Crippen molar-refractivity contribution in [2.24, 2.45) is 0 Å². The number of piperazine rings is 1. The molecular formula is C24H32F3N5O3S2. The van der Waals surface area contributed by atoms with E-state index in [0.717, 1.165) is 30.0 Å². The van der Waals surface area contributed by atoms with Gasteiger partial charge in [0.25, 0.3) is 5.91 Å². The number of unbranched alkanes of at least 4 members (excludes halogenated alkanes) is 1. The summed E-state index contributed by atoms with van der Waals surface area (Å²) in [6, 6.07) is 4.62. The molecule has 0 N–H and O–H groups in total. The molecule has 1 amide bonds. The number of carbonyl (C=O) groups excluding carboxylic acids is 1. The average Bonchev–Trinajstić information content (AvgIpc) is 2.95. The van der Waals surface area contributed by atoms with Gasteiger partial charge < -0.3 is 4.90 Å². The zero-order chi connectivity index (χ0) is 27.9. The second-order valence-electron chi connectivity index (χ2n) is 10.2. The Morgan fingerprint density at radius 3 is 2.32 bits per heavy atom. The van der Waals surface area contributed by atoms with Crippen LogP contribution in [0, 0.1) is 11.3 Å². The molecule has 0 radical (unpaired) electrons. The van der Waals surface area contributed by atoms with E-state index in [1.165, 1.54) is 16.6 Å². The van der Waals surface area contributed by atoms with E-state index >= 15 is 0 Å². The van der Waals surface area contributed by atoms with Gasteiger partial charge in [-0.15, -0.1) is 0 Å². The molecule has 0 aliphatic carbocycles. The summed E-state index contributed by atoms with van der Waals surface area (Å²) >= 11 is 5.54. The molecule has 2 heterocycles. The number of hydrogen-bond acceptors (Lipinski definition) is 6. The number of carbonyl (C=O) groups is 1. The number of amides is 1. The van der Waals surface area contributed by atoms with Gasteiger partial charge in [0.15, 0.2) is 5.11 Å². The first-order valence-corrected chi connectivity index (χ1v) is 14.2. The molecule has 0 aromatic heterocycles. The molecular weight excluding hydrogens is 527 g/mol. The van der Waals surface area contributed by atoms with Crippen LogP contribution >= 0.6 is 12.2 Å². The molecule has 2 saturated heterocycles. The molecule has 204 valence electrons. The summed E-state index contributed by atoms with van der Waals surface area (Å²) < 4.78 is 65.9. The zero-order valence-electron chi connectivity index (χ0n) is 21.5. The van der Waals surface area contributed by atoms with Gasteiger partial charge in [0.05, 0.1) is 29.1 Å². The van der Waals surface area contributed by atoms with Crippen LogP contribution in [0.25, 0.3) is 0 Å². The van der Waals surface area contributed by atoms with Crippen LogP contribution in [0.5, 0.6) is 0 Å². The van der Waals surface area contributed by atoms with Crippen molar-refractivity contribution in [2.45, 2.75) is 64.3 Å². The van der Waals surface area contributed by atoms with Crippen LogP contribution in [0.4, 0.5) is 18.9 Å². The Bertz CT molecular complexity index is 1210. The Morgan fingerprint density at radius 1 is 1.14 bits per heavy atom. The predicted octanol–water partition coefficient (Wildman–Crippen LogP) is 3.42. The van der Waals surface area contributed by atoms with Gasteiger partial charge in [-0.1, -0.05) is 0 Å². The SMILES string of the molecule is CC1CN(S(C)(=O)=O)C(C)CN1CCCCN1C(=S)N(c2ccc(C#N)c(C(F)(F)F)c2)C(=O)C1(C)C. The minimum Gasteiger partial charge on any atom is -0.334 e. The van der Waals surface area contributed by atoms with Gasteiger partial charge >= 0.3 is 6.18 Å². The summed E-state index contributed by atoms with van der Waals surface area (Å²) in [6.45, 7) is 9.47. The minimum absolute atomic E-state index is 0.0246. The zero-order valence-corrected chi connectivity index (χ0v) is 23.2. The fourth-order valence-corrected chi connectivity index (χ4v) is 6.68. The van der Waals surface area contributed by atoms with E-state index in [2.05, 4.69) is 4.90 Å². The maximum atomic E-state index is 13.5. The Kier molecular flexibility index (Phi) is 8.29. The van der Waals surface area contributed by atoms with E-state index in [9.17, 15) is 26.4 Å². The van der Waals surface area contributed by atoms with Crippen molar-refractivity contribution in [1.82, 2.24) is 14.1 Å². The Hall–Kier alpha value is -2.27. The third-order valence-corrected chi connectivity index (χ3v) is 8.84. The van der Waals surface area contributed by atoms with Crippen LogP contribution in [0.1, 0.15) is 51.7 Å². The lowest BCUT2D eigenvalue weighted by atomic mass is 10.0. The minimum atomic E-state index is -4.75. The Morgan fingerprint density at radius 2 is 1.76 bits per heavy atom. The number of anilines is 1. The number of alkyl halides is 3. The summed E-state index contributed by atoms with van der Waals surface area (Å²) in [6.07, 6.45) is -2.07. The van der Waals surface area contributed by atoms with Crippen molar-refractivity contribution in [2.75, 3.05) is 37.3 Å². The quantitative estimate of drug-likeness (QED) is 0.374. The third kappa shape index (κ3) is 5.92. The second kappa shape index (κ2) is 10.5. The number of benzene rings is 1. The number of sulfonamides is 1. The van der Waals surface area contributed by atoms with Crippen molar-refractivity contribution in [1.29, 1.82) is 5.26 Å². The number of halogens is 3. The highest BCUT2D eigenvalue weighted by Gasteiger charge is 2.49. The van der Waals surface area contributed by atoms with Crippen molar-refractivity contribution in [3.05, 3.63) is 29.3 Å². The number of nitrogens with zero attached hydrogens (tertiary/aromatic N) is 5. The lowest BCUT2D eigenvalue weighted by Gasteiger charge is -2.43. The number of thiocarbonyl (C=S) groups is 1. The normalized spacial score (nSPS) is 23.5. The van der Waals surface area contributed by atoms with Crippen LogP contribution in [0.2, 0.25) is 0 Å². The molecule has 13 heteroatoms. The molecule has 37 heavy (non-hydrogen) atoms. The van der Waals surface area contributed by atoms with Gasteiger partial charge in [0.2, 0.25) is 10.0 Å². The van der Waals surface area contributed by atoms with Gasteiger partial charge in [0, 0.05) is 31.7 Å². The number of rotatable bonds is 7. The van der Waals surface area contributed by atoms with Crippen LogP contribution < -0.4 is 4.90 Å². The highest BCUT2D eigenvalue weighted by molar-refractivity contribution is 7.88. The smallest absolute Gasteiger partial charge is 0.334 e. The molecule has 2 unspecified atom stereocenters. The van der Waals surface area contributed by atoms with Gasteiger partial charge in [0.1, 0.15) is 5.54 Å². The second-order valence-corrected chi connectivity index (χ2v) is 12.5. The van der Waals surface area contributed by atoms with Crippen LogP contribution in [-0.4, -0.2) is 83.6 Å². The van der Waals surface area contributed by atoms with Gasteiger partial charge in [-0.25, -0.2) is 8.42 Å².